The van der Waals surface area contributed by atoms with Crippen LogP contribution in [0.5, 0.6) is 11.5 Å². The van der Waals surface area contributed by atoms with E-state index in [4.69, 9.17) is 19.7 Å². The number of ether oxygens (including phenoxy) is 2. The van der Waals surface area contributed by atoms with Crippen LogP contribution in [0.2, 0.25) is 0 Å². The number of primary amides is 1. The summed E-state index contributed by atoms with van der Waals surface area (Å²) in [6.07, 6.45) is 0. The molecule has 0 aliphatic carbocycles. The van der Waals surface area contributed by atoms with Gasteiger partial charge in [0.05, 0.1) is 14.2 Å². The van der Waals surface area contributed by atoms with Crippen molar-refractivity contribution in [2.24, 2.45) is 5.73 Å². The van der Waals surface area contributed by atoms with Gasteiger partial charge in [0, 0.05) is 5.56 Å². The number of nitrogens with zero attached hydrogens (tertiary/aromatic N) is 2. The molecule has 0 radical (unpaired) electrons. The van der Waals surface area contributed by atoms with Crippen molar-refractivity contribution >= 4 is 5.91 Å². The summed E-state index contributed by atoms with van der Waals surface area (Å²) in [6, 6.07) is 5.10. The van der Waals surface area contributed by atoms with Crippen LogP contribution in [0.25, 0.3) is 11.4 Å². The molecule has 1 aromatic carbocycles. The Hall–Kier alpha value is -2.57. The van der Waals surface area contributed by atoms with Crippen molar-refractivity contribution < 1.29 is 18.8 Å². The number of nitrogens with two attached hydrogens (primary N) is 1. The molecule has 7 heteroatoms. The first-order chi connectivity index (χ1) is 8.65. The van der Waals surface area contributed by atoms with Crippen LogP contribution in [0.4, 0.5) is 0 Å². The van der Waals surface area contributed by atoms with Gasteiger partial charge in [0.25, 0.3) is 0 Å². The van der Waals surface area contributed by atoms with E-state index in [1.807, 2.05) is 0 Å². The molecule has 0 saturated carbocycles. The van der Waals surface area contributed by atoms with Gasteiger partial charge < -0.3 is 19.7 Å². The molecule has 0 bridgehead atoms. The standard InChI is InChI=1S/C11H11N3O4/c1-16-7-4-3-6(5-8(7)17-2)10-13-11(9(12)15)18-14-10/h3-5H,1-2H3,(H2,12,15). The summed E-state index contributed by atoms with van der Waals surface area (Å²) >= 11 is 0. The molecule has 2 N–H and O–H groups in total. The number of amides is 1. The molecule has 1 heterocycles. The summed E-state index contributed by atoms with van der Waals surface area (Å²) in [7, 11) is 3.06. The normalized spacial score (nSPS) is 10.1. The molecule has 0 saturated heterocycles. The quantitative estimate of drug-likeness (QED) is 0.862. The van der Waals surface area contributed by atoms with Crippen LogP contribution >= 0.6 is 0 Å². The third kappa shape index (κ3) is 2.10. The Labute approximate surface area is 102 Å². The van der Waals surface area contributed by atoms with Crippen molar-refractivity contribution in [3.8, 4) is 22.9 Å². The lowest BCUT2D eigenvalue weighted by Gasteiger charge is -2.07. The van der Waals surface area contributed by atoms with Crippen molar-refractivity contribution in [3.63, 3.8) is 0 Å². The molecule has 1 amide bonds. The lowest BCUT2D eigenvalue weighted by molar-refractivity contribution is 0.0958. The Kier molecular flexibility index (Phi) is 3.13. The first kappa shape index (κ1) is 11.9. The van der Waals surface area contributed by atoms with Crippen LogP contribution in [-0.4, -0.2) is 30.3 Å². The number of carbonyl (C=O) groups excluding carboxylic acids is 1. The first-order valence-corrected chi connectivity index (χ1v) is 5.01. The summed E-state index contributed by atoms with van der Waals surface area (Å²) < 4.78 is 15.0. The maximum Gasteiger partial charge on any atom is 0.316 e. The smallest absolute Gasteiger partial charge is 0.316 e. The number of carbonyl (C=O) groups is 1. The predicted molar refractivity (Wildman–Crippen MR) is 61.4 cm³/mol. The SMILES string of the molecule is COc1ccc(-c2noc(C(N)=O)n2)cc1OC. The van der Waals surface area contributed by atoms with E-state index >= 15 is 0 Å². The van der Waals surface area contributed by atoms with Crippen LogP contribution in [-0.2, 0) is 0 Å². The third-order valence-corrected chi connectivity index (χ3v) is 2.28. The minimum Gasteiger partial charge on any atom is -0.493 e. The fourth-order valence-corrected chi connectivity index (χ4v) is 1.42. The summed E-state index contributed by atoms with van der Waals surface area (Å²) in [4.78, 5) is 14.7. The Morgan fingerprint density at radius 2 is 2.00 bits per heavy atom. The molecule has 0 fully saturated rings. The number of hydrogen-bond donors (Lipinski definition) is 1. The molecular weight excluding hydrogens is 238 g/mol. The molecular formula is C11H11N3O4. The topological polar surface area (TPSA) is 100 Å². The number of rotatable bonds is 4. The molecule has 94 valence electrons. The average Bonchev–Trinajstić information content (AvgIpc) is 2.87. The van der Waals surface area contributed by atoms with E-state index in [2.05, 4.69) is 10.1 Å². The molecule has 0 aliphatic heterocycles. The van der Waals surface area contributed by atoms with Gasteiger partial charge in [0.15, 0.2) is 11.5 Å². The van der Waals surface area contributed by atoms with E-state index in [-0.39, 0.29) is 11.7 Å². The van der Waals surface area contributed by atoms with Crippen molar-refractivity contribution in [3.05, 3.63) is 24.1 Å². The second kappa shape index (κ2) is 4.74. The van der Waals surface area contributed by atoms with Gasteiger partial charge in [-0.3, -0.25) is 4.79 Å². The van der Waals surface area contributed by atoms with Gasteiger partial charge in [0.1, 0.15) is 0 Å². The molecule has 2 aromatic rings. The van der Waals surface area contributed by atoms with Crippen LogP contribution in [0.1, 0.15) is 10.7 Å². The Bertz CT molecular complexity index is 579. The van der Waals surface area contributed by atoms with E-state index in [9.17, 15) is 4.79 Å². The van der Waals surface area contributed by atoms with Gasteiger partial charge >= 0.3 is 11.8 Å². The van der Waals surface area contributed by atoms with Crippen LogP contribution in [0.3, 0.4) is 0 Å². The fraction of sp³-hybridized carbons (Fsp3) is 0.182. The maximum atomic E-state index is 10.9. The molecule has 0 unspecified atom stereocenters. The summed E-state index contributed by atoms with van der Waals surface area (Å²) in [6.45, 7) is 0. The van der Waals surface area contributed by atoms with Crippen LogP contribution in [0.15, 0.2) is 22.7 Å². The molecule has 1 aromatic heterocycles. The second-order valence-corrected chi connectivity index (χ2v) is 3.36. The minimum atomic E-state index is -0.769. The van der Waals surface area contributed by atoms with E-state index in [1.54, 1.807) is 18.2 Å². The van der Waals surface area contributed by atoms with Gasteiger partial charge in [-0.15, -0.1) is 0 Å². The van der Waals surface area contributed by atoms with Crippen LogP contribution in [0, 0.1) is 0 Å². The Morgan fingerprint density at radius 1 is 1.28 bits per heavy atom. The number of methoxy groups -OCH3 is 2. The highest BCUT2D eigenvalue weighted by atomic mass is 16.5. The van der Waals surface area contributed by atoms with Crippen LogP contribution < -0.4 is 15.2 Å². The molecule has 7 nitrogen and oxygen atoms in total. The molecule has 0 aliphatic rings. The average molecular weight is 249 g/mol. The van der Waals surface area contributed by atoms with Gasteiger partial charge in [-0.25, -0.2) is 0 Å². The molecule has 0 atom stereocenters. The largest absolute Gasteiger partial charge is 0.493 e. The third-order valence-electron chi connectivity index (χ3n) is 2.28. The summed E-state index contributed by atoms with van der Waals surface area (Å²) in [5.41, 5.74) is 5.66. The van der Waals surface area contributed by atoms with Gasteiger partial charge in [-0.1, -0.05) is 5.16 Å². The van der Waals surface area contributed by atoms with Crippen molar-refractivity contribution in [1.29, 1.82) is 0 Å². The van der Waals surface area contributed by atoms with Gasteiger partial charge in [-0.2, -0.15) is 4.98 Å². The zero-order valence-corrected chi connectivity index (χ0v) is 9.84. The zero-order valence-electron chi connectivity index (χ0n) is 9.84. The van der Waals surface area contributed by atoms with E-state index in [0.717, 1.165) is 0 Å². The van der Waals surface area contributed by atoms with Crippen molar-refractivity contribution in [2.45, 2.75) is 0 Å². The Morgan fingerprint density at radius 3 is 2.56 bits per heavy atom. The summed E-state index contributed by atoms with van der Waals surface area (Å²) in [5, 5.41) is 3.66. The monoisotopic (exact) mass is 249 g/mol. The van der Waals surface area contributed by atoms with E-state index < -0.39 is 5.91 Å². The van der Waals surface area contributed by atoms with E-state index in [0.29, 0.717) is 17.1 Å². The maximum absolute atomic E-state index is 10.9. The van der Waals surface area contributed by atoms with Gasteiger partial charge in [-0.05, 0) is 18.2 Å². The first-order valence-electron chi connectivity index (χ1n) is 5.01. The lowest BCUT2D eigenvalue weighted by Crippen LogP contribution is -2.10. The Balaban J connectivity index is 2.41. The van der Waals surface area contributed by atoms with Crippen molar-refractivity contribution in [1.82, 2.24) is 10.1 Å². The highest BCUT2D eigenvalue weighted by Crippen LogP contribution is 2.31. The molecule has 18 heavy (non-hydrogen) atoms. The highest BCUT2D eigenvalue weighted by molar-refractivity contribution is 5.88. The molecule has 0 spiro atoms. The fourth-order valence-electron chi connectivity index (χ4n) is 1.42. The van der Waals surface area contributed by atoms with Gasteiger partial charge in [0.2, 0.25) is 5.82 Å². The summed E-state index contributed by atoms with van der Waals surface area (Å²) in [5.74, 6) is 0.360. The van der Waals surface area contributed by atoms with E-state index in [1.165, 1.54) is 14.2 Å². The minimum absolute atomic E-state index is 0.236. The highest BCUT2D eigenvalue weighted by Gasteiger charge is 2.14. The lowest BCUT2D eigenvalue weighted by atomic mass is 10.2. The predicted octanol–water partition coefficient (Wildman–Crippen LogP) is 0.853. The second-order valence-electron chi connectivity index (χ2n) is 3.36. The van der Waals surface area contributed by atoms with Crippen molar-refractivity contribution in [2.75, 3.05) is 14.2 Å². The number of hydrogen-bond acceptors (Lipinski definition) is 6. The number of benzene rings is 1. The molecule has 2 rings (SSSR count). The number of aromatic nitrogens is 2. The zero-order chi connectivity index (χ0) is 13.1.